The zero-order chi connectivity index (χ0) is 29.8. The molecule has 1 aromatic heterocycles. The van der Waals surface area contributed by atoms with Gasteiger partial charge in [-0.15, -0.1) is 11.3 Å². The van der Waals surface area contributed by atoms with Crippen molar-refractivity contribution in [2.75, 3.05) is 0 Å². The monoisotopic (exact) mass is 598 g/mol. The first kappa shape index (κ1) is 24.1. The Morgan fingerprint density at radius 2 is 1.04 bits per heavy atom. The molecule has 0 nitrogen and oxygen atoms in total. The second-order valence-corrected chi connectivity index (χ2v) is 14.6. The Hall–Kier alpha value is -5.24. The van der Waals surface area contributed by atoms with Gasteiger partial charge in [-0.1, -0.05) is 127 Å². The van der Waals surface area contributed by atoms with Crippen LogP contribution in [0.25, 0.3) is 42.4 Å². The first-order valence-corrected chi connectivity index (χ1v) is 17.1. The van der Waals surface area contributed by atoms with Crippen molar-refractivity contribution in [2.24, 2.45) is 0 Å². The maximum atomic E-state index is 2.59. The van der Waals surface area contributed by atoms with Crippen LogP contribution in [0.15, 0.2) is 146 Å². The fraction of sp³-hybridized carbons (Fsp3) is 0.0667. The molecule has 0 radical (unpaired) electrons. The van der Waals surface area contributed by atoms with E-state index in [0.29, 0.717) is 0 Å². The lowest BCUT2D eigenvalue weighted by molar-refractivity contribution is 0.633. The molecule has 4 aliphatic rings. The summed E-state index contributed by atoms with van der Waals surface area (Å²) >= 11 is 1.92. The molecule has 1 atom stereocenters. The molecule has 0 aliphatic heterocycles. The number of thiophene rings is 1. The second kappa shape index (κ2) is 7.94. The van der Waals surface area contributed by atoms with Crippen molar-refractivity contribution in [3.8, 4) is 22.3 Å². The highest BCUT2D eigenvalue weighted by atomic mass is 32.1. The van der Waals surface area contributed by atoms with Gasteiger partial charge in [0.2, 0.25) is 0 Å². The van der Waals surface area contributed by atoms with E-state index in [4.69, 9.17) is 0 Å². The molecule has 7 aromatic carbocycles. The molecule has 1 heteroatoms. The van der Waals surface area contributed by atoms with Crippen LogP contribution in [0.5, 0.6) is 0 Å². The van der Waals surface area contributed by atoms with Crippen LogP contribution in [0.1, 0.15) is 55.6 Å². The number of fused-ring (bicyclic) bond motifs is 14. The summed E-state index contributed by atoms with van der Waals surface area (Å²) in [6, 6.07) is 56.4. The number of rotatable bonds is 0. The Kier molecular flexibility index (Phi) is 4.15. The summed E-state index contributed by atoms with van der Waals surface area (Å²) < 4.78 is 2.73. The molecule has 1 heterocycles. The predicted molar refractivity (Wildman–Crippen MR) is 190 cm³/mol. The van der Waals surface area contributed by atoms with Gasteiger partial charge in [0.1, 0.15) is 0 Å². The van der Waals surface area contributed by atoms with Crippen molar-refractivity contribution in [3.63, 3.8) is 0 Å². The number of hydrogen-bond acceptors (Lipinski definition) is 1. The molecule has 0 saturated carbocycles. The van der Waals surface area contributed by atoms with Crippen LogP contribution < -0.4 is 0 Å². The summed E-state index contributed by atoms with van der Waals surface area (Å²) in [6.07, 6.45) is 0.950. The van der Waals surface area contributed by atoms with Gasteiger partial charge in [0, 0.05) is 20.2 Å². The third-order valence-corrected chi connectivity index (χ3v) is 12.8. The molecule has 212 valence electrons. The maximum absolute atomic E-state index is 2.59. The van der Waals surface area contributed by atoms with Gasteiger partial charge in [0.25, 0.3) is 0 Å². The zero-order valence-electron chi connectivity index (χ0n) is 25.0. The van der Waals surface area contributed by atoms with Crippen molar-refractivity contribution in [2.45, 2.75) is 17.3 Å². The SMILES string of the molecule is c1ccc2c(c1)-c1ccccc1C21c2ccccc2C23c4cc5c(cc4-c4cccc(c42)Cc2ccc1c3c2)sc1ccccc15. The molecule has 12 rings (SSSR count). The third-order valence-electron chi connectivity index (χ3n) is 11.7. The number of benzene rings is 7. The summed E-state index contributed by atoms with van der Waals surface area (Å²) in [5.74, 6) is 0. The van der Waals surface area contributed by atoms with Crippen LogP contribution >= 0.6 is 11.3 Å². The van der Waals surface area contributed by atoms with Crippen molar-refractivity contribution < 1.29 is 0 Å². The smallest absolute Gasteiger partial charge is 0.0723 e. The lowest BCUT2D eigenvalue weighted by atomic mass is 9.52. The Labute approximate surface area is 271 Å². The average Bonchev–Trinajstić information content (AvgIpc) is 3.69. The van der Waals surface area contributed by atoms with E-state index in [1.165, 1.54) is 98.1 Å². The van der Waals surface area contributed by atoms with E-state index in [-0.39, 0.29) is 5.41 Å². The molecule has 0 N–H and O–H groups in total. The molecular weight excluding hydrogens is 573 g/mol. The summed E-state index contributed by atoms with van der Waals surface area (Å²) in [6.45, 7) is 0. The summed E-state index contributed by atoms with van der Waals surface area (Å²) in [4.78, 5) is 0. The molecule has 0 amide bonds. The predicted octanol–water partition coefficient (Wildman–Crippen LogP) is 11.0. The average molecular weight is 599 g/mol. The Morgan fingerprint density at radius 3 is 1.85 bits per heavy atom. The molecule has 1 unspecified atom stereocenters. The molecule has 46 heavy (non-hydrogen) atoms. The summed E-state index contributed by atoms with van der Waals surface area (Å²) in [5, 5.41) is 2.74. The molecule has 2 bridgehead atoms. The fourth-order valence-electron chi connectivity index (χ4n) is 10.2. The second-order valence-electron chi connectivity index (χ2n) is 13.5. The van der Waals surface area contributed by atoms with Gasteiger partial charge in [-0.25, -0.2) is 0 Å². The van der Waals surface area contributed by atoms with E-state index in [1.807, 2.05) is 11.3 Å². The van der Waals surface area contributed by atoms with Crippen molar-refractivity contribution in [1.82, 2.24) is 0 Å². The van der Waals surface area contributed by atoms with E-state index in [2.05, 4.69) is 146 Å². The van der Waals surface area contributed by atoms with Crippen LogP contribution in [0.3, 0.4) is 0 Å². The van der Waals surface area contributed by atoms with E-state index in [9.17, 15) is 0 Å². The first-order valence-electron chi connectivity index (χ1n) is 16.3. The van der Waals surface area contributed by atoms with E-state index < -0.39 is 5.41 Å². The lowest BCUT2D eigenvalue weighted by Gasteiger charge is -2.48. The third kappa shape index (κ3) is 2.46. The Bertz CT molecular complexity index is 2640. The molecule has 8 aromatic rings. The zero-order valence-corrected chi connectivity index (χ0v) is 25.8. The van der Waals surface area contributed by atoms with Gasteiger partial charge >= 0.3 is 0 Å². The van der Waals surface area contributed by atoms with Crippen molar-refractivity contribution in [1.29, 1.82) is 0 Å². The van der Waals surface area contributed by atoms with Crippen LogP contribution in [-0.4, -0.2) is 0 Å². The van der Waals surface area contributed by atoms with Gasteiger partial charge < -0.3 is 0 Å². The van der Waals surface area contributed by atoms with Gasteiger partial charge in [0.05, 0.1) is 10.8 Å². The molecular formula is C45H26S. The van der Waals surface area contributed by atoms with Gasteiger partial charge in [-0.2, -0.15) is 0 Å². The molecule has 4 aliphatic carbocycles. The fourth-order valence-corrected chi connectivity index (χ4v) is 11.3. The van der Waals surface area contributed by atoms with E-state index in [1.54, 1.807) is 0 Å². The minimum absolute atomic E-state index is 0.385. The van der Waals surface area contributed by atoms with E-state index in [0.717, 1.165) is 6.42 Å². The standard InChI is InChI=1S/C45H26S/c1-4-15-34-28(11-1)29-12-2-5-16-35(29)44(34)36-17-6-7-18-37(36)45-39-24-33-30-13-3-8-19-41(30)46-42(33)25-32(39)31-14-9-10-27(43(31)45)22-26-20-21-38(44)40(45)23-26/h1-21,23-25H,22H2. The minimum Gasteiger partial charge on any atom is -0.135 e. The highest BCUT2D eigenvalue weighted by molar-refractivity contribution is 7.25. The van der Waals surface area contributed by atoms with Crippen LogP contribution in [0.4, 0.5) is 0 Å². The number of hydrogen-bond donors (Lipinski definition) is 0. The Balaban J connectivity index is 1.32. The molecule has 0 fully saturated rings. The highest BCUT2D eigenvalue weighted by Crippen LogP contribution is 2.68. The molecule has 2 spiro atoms. The van der Waals surface area contributed by atoms with Crippen LogP contribution in [0, 0.1) is 0 Å². The quantitative estimate of drug-likeness (QED) is 0.163. The van der Waals surface area contributed by atoms with Crippen molar-refractivity contribution >= 4 is 31.5 Å². The largest absolute Gasteiger partial charge is 0.135 e. The highest BCUT2D eigenvalue weighted by Gasteiger charge is 2.60. The normalized spacial score (nSPS) is 18.2. The van der Waals surface area contributed by atoms with Crippen molar-refractivity contribution in [3.05, 3.63) is 201 Å². The summed E-state index contributed by atoms with van der Waals surface area (Å²) in [5.41, 5.74) is 19.0. The van der Waals surface area contributed by atoms with Crippen LogP contribution in [-0.2, 0) is 17.3 Å². The minimum atomic E-state index is -0.394. The Morgan fingerprint density at radius 1 is 0.391 bits per heavy atom. The lowest BCUT2D eigenvalue weighted by Crippen LogP contribution is -2.43. The van der Waals surface area contributed by atoms with Crippen LogP contribution in [0.2, 0.25) is 0 Å². The maximum Gasteiger partial charge on any atom is 0.0723 e. The topological polar surface area (TPSA) is 0 Å². The summed E-state index contributed by atoms with van der Waals surface area (Å²) in [7, 11) is 0. The van der Waals surface area contributed by atoms with Gasteiger partial charge in [-0.05, 0) is 103 Å². The van der Waals surface area contributed by atoms with Gasteiger partial charge in [0.15, 0.2) is 0 Å². The van der Waals surface area contributed by atoms with Gasteiger partial charge in [-0.3, -0.25) is 0 Å². The first-order chi connectivity index (χ1) is 22.8. The molecule has 0 saturated heterocycles. The van der Waals surface area contributed by atoms with E-state index >= 15 is 0 Å².